The van der Waals surface area contributed by atoms with Crippen molar-refractivity contribution in [1.29, 1.82) is 0 Å². The third-order valence-electron chi connectivity index (χ3n) is 4.61. The van der Waals surface area contributed by atoms with Crippen LogP contribution in [0.2, 0.25) is 0 Å². The summed E-state index contributed by atoms with van der Waals surface area (Å²) in [6.07, 6.45) is 1.65. The average molecular weight is 293 g/mol. The summed E-state index contributed by atoms with van der Waals surface area (Å²) in [6, 6.07) is 8.25. The Kier molecular flexibility index (Phi) is 2.61. The molecule has 0 atom stereocenters. The summed E-state index contributed by atoms with van der Waals surface area (Å²) in [5.74, 6) is 0. The first kappa shape index (κ1) is 13.3. The summed E-state index contributed by atoms with van der Waals surface area (Å²) in [5.41, 5.74) is 5.98. The largest absolute Gasteiger partial charge is 0.411 e. The second kappa shape index (κ2) is 4.32. The number of pyridine rings is 1. The van der Waals surface area contributed by atoms with Gasteiger partial charge < -0.3 is 10.2 Å². The number of H-pyrrole nitrogens is 1. The third-order valence-corrected chi connectivity index (χ3v) is 4.61. The molecule has 3 aromatic rings. The summed E-state index contributed by atoms with van der Waals surface area (Å²) in [7, 11) is 0. The molecule has 4 nitrogen and oxygen atoms in total. The van der Waals surface area contributed by atoms with Gasteiger partial charge in [-0.1, -0.05) is 37.2 Å². The van der Waals surface area contributed by atoms with Crippen molar-refractivity contribution in [2.24, 2.45) is 10.6 Å². The fraction of sp³-hybridized carbons (Fsp3) is 0.333. The Morgan fingerprint density at radius 2 is 2.00 bits per heavy atom. The number of rotatable bonds is 0. The number of fused-ring (bicyclic) bond motifs is 5. The van der Waals surface area contributed by atoms with E-state index in [1.807, 2.05) is 12.1 Å². The highest BCUT2D eigenvalue weighted by Crippen LogP contribution is 2.39. The van der Waals surface area contributed by atoms with E-state index in [4.69, 9.17) is 4.98 Å². The smallest absolute Gasteiger partial charge is 0.0912 e. The fourth-order valence-corrected chi connectivity index (χ4v) is 3.75. The molecule has 2 aromatic heterocycles. The molecule has 0 bridgehead atoms. The molecule has 0 fully saturated rings. The van der Waals surface area contributed by atoms with E-state index in [2.05, 4.69) is 43.0 Å². The van der Waals surface area contributed by atoms with Crippen LogP contribution in [0.25, 0.3) is 21.8 Å². The quantitative estimate of drug-likeness (QED) is 0.482. The van der Waals surface area contributed by atoms with Crippen molar-refractivity contribution >= 4 is 27.5 Å². The molecule has 4 rings (SSSR count). The zero-order chi connectivity index (χ0) is 15.5. The molecule has 112 valence electrons. The number of benzene rings is 1. The minimum Gasteiger partial charge on any atom is -0.411 e. The van der Waals surface area contributed by atoms with Crippen molar-refractivity contribution in [1.82, 2.24) is 9.97 Å². The van der Waals surface area contributed by atoms with Crippen molar-refractivity contribution in [2.75, 3.05) is 0 Å². The van der Waals surface area contributed by atoms with Crippen LogP contribution in [0.5, 0.6) is 0 Å². The minimum absolute atomic E-state index is 0.0632. The van der Waals surface area contributed by atoms with E-state index in [-0.39, 0.29) is 5.41 Å². The average Bonchev–Trinajstić information content (AvgIpc) is 2.84. The standard InChI is InChI=1S/C18H19N3O/c1-10-15-11-6-4-5-7-12(11)20-17(15)16-13(19-10)8-18(2,3)9-14(16)21-22/h4-7,20,22H,8-9H2,1-3H3. The molecule has 0 unspecified atom stereocenters. The van der Waals surface area contributed by atoms with Crippen molar-refractivity contribution in [3.63, 3.8) is 0 Å². The molecule has 1 aliphatic rings. The molecule has 0 saturated carbocycles. The minimum atomic E-state index is 0.0632. The van der Waals surface area contributed by atoms with Gasteiger partial charge in [-0.05, 0) is 31.2 Å². The highest BCUT2D eigenvalue weighted by Gasteiger charge is 2.33. The van der Waals surface area contributed by atoms with Gasteiger partial charge in [-0.15, -0.1) is 0 Å². The van der Waals surface area contributed by atoms with Crippen LogP contribution >= 0.6 is 0 Å². The Morgan fingerprint density at radius 3 is 2.77 bits per heavy atom. The highest BCUT2D eigenvalue weighted by molar-refractivity contribution is 6.18. The maximum Gasteiger partial charge on any atom is 0.0912 e. The van der Waals surface area contributed by atoms with Gasteiger partial charge in [-0.3, -0.25) is 4.98 Å². The van der Waals surface area contributed by atoms with Gasteiger partial charge in [0.05, 0.1) is 16.9 Å². The Morgan fingerprint density at radius 1 is 1.23 bits per heavy atom. The van der Waals surface area contributed by atoms with Crippen LogP contribution in [0, 0.1) is 12.3 Å². The fourth-order valence-electron chi connectivity index (χ4n) is 3.75. The van der Waals surface area contributed by atoms with E-state index in [9.17, 15) is 5.21 Å². The van der Waals surface area contributed by atoms with Crippen LogP contribution in [0.3, 0.4) is 0 Å². The molecule has 22 heavy (non-hydrogen) atoms. The van der Waals surface area contributed by atoms with E-state index in [0.717, 1.165) is 51.9 Å². The van der Waals surface area contributed by atoms with Crippen LogP contribution in [0.1, 0.15) is 37.2 Å². The summed E-state index contributed by atoms with van der Waals surface area (Å²) in [6.45, 7) is 6.43. The molecule has 1 aliphatic carbocycles. The molecular formula is C18H19N3O. The number of hydrogen-bond acceptors (Lipinski definition) is 3. The zero-order valence-electron chi connectivity index (χ0n) is 13.1. The summed E-state index contributed by atoms with van der Waals surface area (Å²) < 4.78 is 0. The summed E-state index contributed by atoms with van der Waals surface area (Å²) in [4.78, 5) is 8.35. The van der Waals surface area contributed by atoms with Crippen LogP contribution in [-0.2, 0) is 6.42 Å². The van der Waals surface area contributed by atoms with E-state index in [1.165, 1.54) is 5.39 Å². The van der Waals surface area contributed by atoms with Crippen molar-refractivity contribution in [2.45, 2.75) is 33.6 Å². The predicted octanol–water partition coefficient (Wildman–Crippen LogP) is 4.18. The lowest BCUT2D eigenvalue weighted by atomic mass is 9.75. The first-order valence-corrected chi connectivity index (χ1v) is 7.61. The third kappa shape index (κ3) is 1.76. The van der Waals surface area contributed by atoms with E-state index in [1.54, 1.807) is 0 Å². The lowest BCUT2D eigenvalue weighted by Gasteiger charge is -2.31. The SMILES string of the molecule is Cc1nc2c(c3[nH]c4ccccc4c13)C(=NO)CC(C)(C)C2. The van der Waals surface area contributed by atoms with E-state index in [0.29, 0.717) is 0 Å². The maximum atomic E-state index is 9.52. The number of para-hydroxylation sites is 1. The van der Waals surface area contributed by atoms with Crippen molar-refractivity contribution in [3.05, 3.63) is 41.2 Å². The number of oxime groups is 1. The van der Waals surface area contributed by atoms with Crippen molar-refractivity contribution in [3.8, 4) is 0 Å². The van der Waals surface area contributed by atoms with Gasteiger partial charge in [0.2, 0.25) is 0 Å². The first-order chi connectivity index (χ1) is 10.5. The lowest BCUT2D eigenvalue weighted by molar-refractivity contribution is 0.306. The van der Waals surface area contributed by atoms with Gasteiger partial charge in [0.25, 0.3) is 0 Å². The molecule has 0 spiro atoms. The molecular weight excluding hydrogens is 274 g/mol. The van der Waals surface area contributed by atoms with Crippen LogP contribution < -0.4 is 0 Å². The molecule has 1 aromatic carbocycles. The molecule has 2 N–H and O–H groups in total. The lowest BCUT2D eigenvalue weighted by Crippen LogP contribution is -2.29. The summed E-state index contributed by atoms with van der Waals surface area (Å²) in [5, 5.41) is 15.4. The highest BCUT2D eigenvalue weighted by atomic mass is 16.4. The van der Waals surface area contributed by atoms with E-state index < -0.39 is 0 Å². The van der Waals surface area contributed by atoms with Crippen LogP contribution in [0.4, 0.5) is 0 Å². The van der Waals surface area contributed by atoms with Gasteiger partial charge in [0.1, 0.15) is 0 Å². The van der Waals surface area contributed by atoms with E-state index >= 15 is 0 Å². The molecule has 0 saturated heterocycles. The Balaban J connectivity index is 2.16. The molecule has 0 radical (unpaired) electrons. The van der Waals surface area contributed by atoms with Gasteiger partial charge in [0, 0.05) is 27.5 Å². The normalized spacial score (nSPS) is 19.0. The van der Waals surface area contributed by atoms with Crippen molar-refractivity contribution < 1.29 is 5.21 Å². The molecule has 0 aliphatic heterocycles. The zero-order valence-corrected chi connectivity index (χ0v) is 13.1. The number of nitrogens with zero attached hydrogens (tertiary/aromatic N) is 2. The first-order valence-electron chi connectivity index (χ1n) is 7.61. The predicted molar refractivity (Wildman–Crippen MR) is 88.8 cm³/mol. The monoisotopic (exact) mass is 293 g/mol. The summed E-state index contributed by atoms with van der Waals surface area (Å²) >= 11 is 0. The number of hydrogen-bond donors (Lipinski definition) is 2. The number of aromatic amines is 1. The van der Waals surface area contributed by atoms with Crippen LogP contribution in [-0.4, -0.2) is 20.9 Å². The number of nitrogens with one attached hydrogen (secondary N) is 1. The van der Waals surface area contributed by atoms with Gasteiger partial charge in [0.15, 0.2) is 0 Å². The van der Waals surface area contributed by atoms with Gasteiger partial charge >= 0.3 is 0 Å². The Bertz CT molecular complexity index is 934. The molecule has 2 heterocycles. The second-order valence-electron chi connectivity index (χ2n) is 7.00. The van der Waals surface area contributed by atoms with Crippen LogP contribution in [0.15, 0.2) is 29.4 Å². The molecule has 4 heteroatoms. The topological polar surface area (TPSA) is 61.3 Å². The Labute approximate surface area is 128 Å². The molecule has 0 amide bonds. The number of aromatic nitrogens is 2. The maximum absolute atomic E-state index is 9.52. The number of aryl methyl sites for hydroxylation is 1. The Hall–Kier alpha value is -2.36. The van der Waals surface area contributed by atoms with Gasteiger partial charge in [-0.2, -0.15) is 0 Å². The van der Waals surface area contributed by atoms with Gasteiger partial charge in [-0.25, -0.2) is 0 Å². The second-order valence-corrected chi connectivity index (χ2v) is 7.00.